The molecule has 2 N–H and O–H groups in total. The molecule has 68 valence electrons. The van der Waals surface area contributed by atoms with Gasteiger partial charge in [-0.25, -0.2) is 0 Å². The highest BCUT2D eigenvalue weighted by Crippen LogP contribution is 2.03. The lowest BCUT2D eigenvalue weighted by Gasteiger charge is -2.06. The van der Waals surface area contributed by atoms with E-state index in [1.54, 1.807) is 12.4 Å². The van der Waals surface area contributed by atoms with E-state index in [-0.39, 0.29) is 6.04 Å². The van der Waals surface area contributed by atoms with Crippen molar-refractivity contribution in [2.45, 2.75) is 25.3 Å². The summed E-state index contributed by atoms with van der Waals surface area (Å²) in [5.74, 6) is 2.57. The van der Waals surface area contributed by atoms with Gasteiger partial charge in [-0.3, -0.25) is 4.98 Å². The fourth-order valence-corrected chi connectivity index (χ4v) is 1.15. The number of aryl methyl sites for hydroxylation is 1. The van der Waals surface area contributed by atoms with Gasteiger partial charge in [-0.15, -0.1) is 12.3 Å². The maximum atomic E-state index is 5.77. The number of hydrogen-bond donors (Lipinski definition) is 1. The standard InChI is InChI=1S/C11H14N2/c1-2-3-11(12)5-4-10-6-8-13-9-7-10/h1,6-9,11H,3-5,12H2. The van der Waals surface area contributed by atoms with Gasteiger partial charge in [0, 0.05) is 24.9 Å². The second-order valence-corrected chi connectivity index (χ2v) is 3.06. The van der Waals surface area contributed by atoms with E-state index in [1.807, 2.05) is 12.1 Å². The van der Waals surface area contributed by atoms with Gasteiger partial charge in [-0.1, -0.05) is 0 Å². The van der Waals surface area contributed by atoms with Gasteiger partial charge in [0.25, 0.3) is 0 Å². The van der Waals surface area contributed by atoms with Crippen molar-refractivity contribution in [1.82, 2.24) is 4.98 Å². The van der Waals surface area contributed by atoms with Crippen LogP contribution in [0.2, 0.25) is 0 Å². The van der Waals surface area contributed by atoms with Gasteiger partial charge in [0.05, 0.1) is 0 Å². The van der Waals surface area contributed by atoms with Crippen molar-refractivity contribution in [2.75, 3.05) is 0 Å². The van der Waals surface area contributed by atoms with Crippen molar-refractivity contribution in [3.8, 4) is 12.3 Å². The first-order valence-electron chi connectivity index (χ1n) is 4.41. The van der Waals surface area contributed by atoms with Crippen LogP contribution in [0.3, 0.4) is 0 Å². The molecule has 0 aliphatic carbocycles. The van der Waals surface area contributed by atoms with Crippen LogP contribution in [0.15, 0.2) is 24.5 Å². The highest BCUT2D eigenvalue weighted by atomic mass is 14.6. The molecular formula is C11H14N2. The van der Waals surface area contributed by atoms with E-state index in [1.165, 1.54) is 5.56 Å². The van der Waals surface area contributed by atoms with Crippen LogP contribution in [0.1, 0.15) is 18.4 Å². The number of pyridine rings is 1. The molecule has 1 aromatic rings. The third kappa shape index (κ3) is 3.73. The first kappa shape index (κ1) is 9.76. The SMILES string of the molecule is C#CCC(N)CCc1ccncc1. The van der Waals surface area contributed by atoms with Crippen molar-refractivity contribution >= 4 is 0 Å². The van der Waals surface area contributed by atoms with E-state index < -0.39 is 0 Å². The van der Waals surface area contributed by atoms with Crippen molar-refractivity contribution < 1.29 is 0 Å². The van der Waals surface area contributed by atoms with Crippen molar-refractivity contribution in [3.63, 3.8) is 0 Å². The zero-order valence-electron chi connectivity index (χ0n) is 7.61. The predicted molar refractivity (Wildman–Crippen MR) is 54.0 cm³/mol. The monoisotopic (exact) mass is 174 g/mol. The zero-order valence-corrected chi connectivity index (χ0v) is 7.61. The summed E-state index contributed by atoms with van der Waals surface area (Å²) in [6.45, 7) is 0. The first-order chi connectivity index (χ1) is 6.33. The topological polar surface area (TPSA) is 38.9 Å². The molecule has 2 nitrogen and oxygen atoms in total. The van der Waals surface area contributed by atoms with Crippen LogP contribution in [0, 0.1) is 12.3 Å². The van der Waals surface area contributed by atoms with Crippen LogP contribution < -0.4 is 5.73 Å². The van der Waals surface area contributed by atoms with Crippen molar-refractivity contribution in [2.24, 2.45) is 5.73 Å². The predicted octanol–water partition coefficient (Wildman–Crippen LogP) is 1.36. The van der Waals surface area contributed by atoms with Crippen LogP contribution in [0.25, 0.3) is 0 Å². The second-order valence-electron chi connectivity index (χ2n) is 3.06. The normalized spacial score (nSPS) is 12.0. The molecule has 0 bridgehead atoms. The number of nitrogens with two attached hydrogens (primary N) is 1. The van der Waals surface area contributed by atoms with E-state index in [0.29, 0.717) is 6.42 Å². The molecular weight excluding hydrogens is 160 g/mol. The van der Waals surface area contributed by atoms with E-state index >= 15 is 0 Å². The third-order valence-electron chi connectivity index (χ3n) is 1.93. The number of hydrogen-bond acceptors (Lipinski definition) is 2. The summed E-state index contributed by atoms with van der Waals surface area (Å²) in [6, 6.07) is 4.13. The summed E-state index contributed by atoms with van der Waals surface area (Å²) in [5.41, 5.74) is 7.04. The number of terminal acetylenes is 1. The average Bonchev–Trinajstić information content (AvgIpc) is 2.17. The second kappa shape index (κ2) is 5.34. The molecule has 1 unspecified atom stereocenters. The van der Waals surface area contributed by atoms with Crippen LogP contribution in [-0.2, 0) is 6.42 Å². The summed E-state index contributed by atoms with van der Waals surface area (Å²) in [6.07, 6.45) is 11.3. The molecule has 1 atom stereocenters. The Labute approximate surface area is 79.2 Å². The molecule has 0 spiro atoms. The molecule has 1 aromatic heterocycles. The lowest BCUT2D eigenvalue weighted by atomic mass is 10.1. The molecule has 0 saturated carbocycles. The van der Waals surface area contributed by atoms with Crippen LogP contribution >= 0.6 is 0 Å². The zero-order chi connectivity index (χ0) is 9.52. The smallest absolute Gasteiger partial charge is 0.0270 e. The molecule has 0 fully saturated rings. The lowest BCUT2D eigenvalue weighted by Crippen LogP contribution is -2.19. The van der Waals surface area contributed by atoms with Gasteiger partial charge in [0.2, 0.25) is 0 Å². The van der Waals surface area contributed by atoms with E-state index in [2.05, 4.69) is 10.9 Å². The minimum Gasteiger partial charge on any atom is -0.327 e. The Bertz CT molecular complexity index is 274. The minimum atomic E-state index is 0.123. The van der Waals surface area contributed by atoms with Gasteiger partial charge >= 0.3 is 0 Å². The van der Waals surface area contributed by atoms with Crippen LogP contribution in [0.5, 0.6) is 0 Å². The molecule has 0 amide bonds. The Kier molecular flexibility index (Phi) is 4.01. The van der Waals surface area contributed by atoms with Crippen LogP contribution in [0.4, 0.5) is 0 Å². The minimum absolute atomic E-state index is 0.123. The first-order valence-corrected chi connectivity index (χ1v) is 4.41. The average molecular weight is 174 g/mol. The summed E-state index contributed by atoms with van der Waals surface area (Å²) < 4.78 is 0. The molecule has 13 heavy (non-hydrogen) atoms. The molecule has 1 rings (SSSR count). The van der Waals surface area contributed by atoms with Gasteiger partial charge < -0.3 is 5.73 Å². The fraction of sp³-hybridized carbons (Fsp3) is 0.364. The van der Waals surface area contributed by atoms with E-state index in [9.17, 15) is 0 Å². The van der Waals surface area contributed by atoms with Crippen LogP contribution in [-0.4, -0.2) is 11.0 Å². The Morgan fingerprint density at radius 3 is 2.77 bits per heavy atom. The number of nitrogens with zero attached hydrogens (tertiary/aromatic N) is 1. The molecule has 0 aromatic carbocycles. The molecule has 1 heterocycles. The maximum Gasteiger partial charge on any atom is 0.0270 e. The Balaban J connectivity index is 2.32. The van der Waals surface area contributed by atoms with Crippen molar-refractivity contribution in [3.05, 3.63) is 30.1 Å². The van der Waals surface area contributed by atoms with Crippen molar-refractivity contribution in [1.29, 1.82) is 0 Å². The van der Waals surface area contributed by atoms with Gasteiger partial charge in [0.1, 0.15) is 0 Å². The van der Waals surface area contributed by atoms with E-state index in [0.717, 1.165) is 12.8 Å². The Hall–Kier alpha value is -1.33. The Morgan fingerprint density at radius 2 is 2.15 bits per heavy atom. The molecule has 0 saturated heterocycles. The molecule has 0 aliphatic heterocycles. The van der Waals surface area contributed by atoms with Gasteiger partial charge in [-0.05, 0) is 30.5 Å². The summed E-state index contributed by atoms with van der Waals surface area (Å²) in [5, 5.41) is 0. The summed E-state index contributed by atoms with van der Waals surface area (Å²) in [4.78, 5) is 3.95. The largest absolute Gasteiger partial charge is 0.327 e. The molecule has 2 heteroatoms. The molecule has 0 aliphatic rings. The van der Waals surface area contributed by atoms with Gasteiger partial charge in [0.15, 0.2) is 0 Å². The summed E-state index contributed by atoms with van der Waals surface area (Å²) >= 11 is 0. The fourth-order valence-electron chi connectivity index (χ4n) is 1.15. The lowest BCUT2D eigenvalue weighted by molar-refractivity contribution is 0.628. The number of rotatable bonds is 4. The highest BCUT2D eigenvalue weighted by Gasteiger charge is 2.00. The third-order valence-corrected chi connectivity index (χ3v) is 1.93. The molecule has 0 radical (unpaired) electrons. The quantitative estimate of drug-likeness (QED) is 0.700. The van der Waals surface area contributed by atoms with E-state index in [4.69, 9.17) is 12.2 Å². The highest BCUT2D eigenvalue weighted by molar-refractivity contribution is 5.10. The summed E-state index contributed by atoms with van der Waals surface area (Å²) in [7, 11) is 0. The van der Waals surface area contributed by atoms with Gasteiger partial charge in [-0.2, -0.15) is 0 Å². The number of aromatic nitrogens is 1. The maximum absolute atomic E-state index is 5.77. The Morgan fingerprint density at radius 1 is 1.46 bits per heavy atom.